The second-order valence-corrected chi connectivity index (χ2v) is 9.07. The molecule has 0 radical (unpaired) electrons. The van der Waals surface area contributed by atoms with E-state index in [1.54, 1.807) is 29.2 Å². The first-order chi connectivity index (χ1) is 15.9. The Labute approximate surface area is 202 Å². The van der Waals surface area contributed by atoms with Crippen molar-refractivity contribution in [3.05, 3.63) is 87.3 Å². The van der Waals surface area contributed by atoms with E-state index >= 15 is 0 Å². The Morgan fingerprint density at radius 1 is 1.06 bits per heavy atom. The number of rotatable bonds is 7. The van der Waals surface area contributed by atoms with Crippen LogP contribution >= 0.6 is 23.2 Å². The summed E-state index contributed by atoms with van der Waals surface area (Å²) < 4.78 is 19.0. The smallest absolute Gasteiger partial charge is 0.275 e. The van der Waals surface area contributed by atoms with E-state index in [0.29, 0.717) is 54.4 Å². The highest BCUT2D eigenvalue weighted by atomic mass is 35.5. The fraction of sp³-hybridized carbons (Fsp3) is 0.333. The van der Waals surface area contributed by atoms with Crippen LogP contribution in [0.2, 0.25) is 10.0 Å². The van der Waals surface area contributed by atoms with Gasteiger partial charge in [-0.1, -0.05) is 41.4 Å². The molecule has 4 rings (SSSR count). The molecule has 1 aromatic heterocycles. The van der Waals surface area contributed by atoms with Gasteiger partial charge in [0.15, 0.2) is 5.69 Å². The standard InChI is InChI=1S/C24H25Cl2FN4O2/c1-29-8-10-31(11-9-29)24(32)22-16-33-23(28-22)15-30(13-17-2-6-20(27)7-3-17)14-18-4-5-19(25)12-21(18)26/h2-7,12,16H,8-11,13-15H2,1H3. The molecule has 1 fully saturated rings. The minimum Gasteiger partial charge on any atom is -0.447 e. The van der Waals surface area contributed by atoms with Crippen LogP contribution in [-0.2, 0) is 19.6 Å². The minimum atomic E-state index is -0.286. The maximum Gasteiger partial charge on any atom is 0.275 e. The molecule has 6 nitrogen and oxygen atoms in total. The number of likely N-dealkylation sites (N-methyl/N-ethyl adjacent to an activating group) is 1. The number of carbonyl (C=O) groups excluding carboxylic acids is 1. The highest BCUT2D eigenvalue weighted by Crippen LogP contribution is 2.24. The normalized spacial score (nSPS) is 14.8. The largest absolute Gasteiger partial charge is 0.447 e. The number of benzene rings is 2. The topological polar surface area (TPSA) is 52.8 Å². The summed E-state index contributed by atoms with van der Waals surface area (Å²) in [6, 6.07) is 11.7. The van der Waals surface area contributed by atoms with Crippen molar-refractivity contribution in [3.63, 3.8) is 0 Å². The number of halogens is 3. The van der Waals surface area contributed by atoms with E-state index in [9.17, 15) is 9.18 Å². The zero-order valence-corrected chi connectivity index (χ0v) is 19.8. The molecule has 1 aliphatic heterocycles. The van der Waals surface area contributed by atoms with Crippen molar-refractivity contribution in [2.45, 2.75) is 19.6 Å². The van der Waals surface area contributed by atoms with Crippen LogP contribution in [0.3, 0.4) is 0 Å². The van der Waals surface area contributed by atoms with Gasteiger partial charge in [-0.05, 0) is 42.4 Å². The summed E-state index contributed by atoms with van der Waals surface area (Å²) in [4.78, 5) is 23.3. The first kappa shape index (κ1) is 23.7. The summed E-state index contributed by atoms with van der Waals surface area (Å²) in [7, 11) is 2.04. The number of carbonyl (C=O) groups is 1. The number of hydrogen-bond acceptors (Lipinski definition) is 5. The number of hydrogen-bond donors (Lipinski definition) is 0. The molecule has 174 valence electrons. The first-order valence-corrected chi connectivity index (χ1v) is 11.5. The summed E-state index contributed by atoms with van der Waals surface area (Å²) in [6.45, 7) is 4.38. The van der Waals surface area contributed by atoms with Crippen LogP contribution in [0.15, 0.2) is 53.1 Å². The molecule has 0 saturated carbocycles. The highest BCUT2D eigenvalue weighted by Gasteiger charge is 2.23. The van der Waals surface area contributed by atoms with Gasteiger partial charge in [-0.25, -0.2) is 9.37 Å². The van der Waals surface area contributed by atoms with Gasteiger partial charge in [0.25, 0.3) is 5.91 Å². The molecule has 0 atom stereocenters. The van der Waals surface area contributed by atoms with Crippen molar-refractivity contribution >= 4 is 29.1 Å². The molecule has 0 bridgehead atoms. The third-order valence-corrected chi connectivity index (χ3v) is 6.24. The molecule has 1 aliphatic rings. The van der Waals surface area contributed by atoms with Crippen LogP contribution < -0.4 is 0 Å². The summed E-state index contributed by atoms with van der Waals surface area (Å²) >= 11 is 12.4. The molecular weight excluding hydrogens is 466 g/mol. The Hall–Kier alpha value is -2.45. The second-order valence-electron chi connectivity index (χ2n) is 8.23. The number of piperazine rings is 1. The van der Waals surface area contributed by atoms with Crippen molar-refractivity contribution in [2.75, 3.05) is 33.2 Å². The molecule has 2 heterocycles. The average molecular weight is 491 g/mol. The molecule has 0 aliphatic carbocycles. The lowest BCUT2D eigenvalue weighted by Gasteiger charge is -2.31. The predicted octanol–water partition coefficient (Wildman–Crippen LogP) is 4.71. The number of oxazole rings is 1. The molecule has 33 heavy (non-hydrogen) atoms. The van der Waals surface area contributed by atoms with Crippen LogP contribution in [0.1, 0.15) is 27.5 Å². The van der Waals surface area contributed by atoms with Crippen molar-refractivity contribution in [2.24, 2.45) is 0 Å². The SMILES string of the molecule is CN1CCN(C(=O)c2coc(CN(Cc3ccc(F)cc3)Cc3ccc(Cl)cc3Cl)n2)CC1. The average Bonchev–Trinajstić information content (AvgIpc) is 3.26. The van der Waals surface area contributed by atoms with Gasteiger partial charge in [0.1, 0.15) is 12.1 Å². The van der Waals surface area contributed by atoms with Crippen LogP contribution in [-0.4, -0.2) is 58.8 Å². The van der Waals surface area contributed by atoms with E-state index in [1.807, 2.05) is 13.1 Å². The Morgan fingerprint density at radius 3 is 2.48 bits per heavy atom. The lowest BCUT2D eigenvalue weighted by molar-refractivity contribution is 0.0658. The van der Waals surface area contributed by atoms with Gasteiger partial charge >= 0.3 is 0 Å². The van der Waals surface area contributed by atoms with E-state index in [-0.39, 0.29) is 11.7 Å². The molecule has 0 unspecified atom stereocenters. The fourth-order valence-electron chi connectivity index (χ4n) is 3.75. The number of amides is 1. The van der Waals surface area contributed by atoms with E-state index < -0.39 is 0 Å². The fourth-order valence-corrected chi connectivity index (χ4v) is 4.22. The molecule has 9 heteroatoms. The molecular formula is C24H25Cl2FN4O2. The Kier molecular flexibility index (Phi) is 7.65. The predicted molar refractivity (Wildman–Crippen MR) is 126 cm³/mol. The third kappa shape index (κ3) is 6.32. The molecule has 0 N–H and O–H groups in total. The van der Waals surface area contributed by atoms with Crippen LogP contribution in [0.4, 0.5) is 4.39 Å². The lowest BCUT2D eigenvalue weighted by Crippen LogP contribution is -2.47. The van der Waals surface area contributed by atoms with Crippen LogP contribution in [0.25, 0.3) is 0 Å². The number of nitrogens with zero attached hydrogens (tertiary/aromatic N) is 4. The zero-order valence-electron chi connectivity index (χ0n) is 18.3. The second kappa shape index (κ2) is 10.7. The molecule has 1 amide bonds. The molecule has 2 aromatic carbocycles. The Morgan fingerprint density at radius 2 is 1.79 bits per heavy atom. The van der Waals surface area contributed by atoms with Gasteiger partial charge < -0.3 is 14.2 Å². The maximum absolute atomic E-state index is 13.4. The Balaban J connectivity index is 1.49. The van der Waals surface area contributed by atoms with E-state index in [1.165, 1.54) is 18.4 Å². The molecule has 0 spiro atoms. The summed E-state index contributed by atoms with van der Waals surface area (Å²) in [5, 5.41) is 1.12. The van der Waals surface area contributed by atoms with Crippen molar-refractivity contribution in [3.8, 4) is 0 Å². The maximum atomic E-state index is 13.4. The van der Waals surface area contributed by atoms with Gasteiger partial charge in [-0.3, -0.25) is 9.69 Å². The Bertz CT molecular complexity index is 1100. The van der Waals surface area contributed by atoms with Crippen LogP contribution in [0, 0.1) is 5.82 Å². The number of aromatic nitrogens is 1. The summed E-state index contributed by atoms with van der Waals surface area (Å²) in [5.41, 5.74) is 2.13. The van der Waals surface area contributed by atoms with Gasteiger partial charge in [-0.2, -0.15) is 0 Å². The first-order valence-electron chi connectivity index (χ1n) is 10.7. The van der Waals surface area contributed by atoms with E-state index in [2.05, 4.69) is 14.8 Å². The van der Waals surface area contributed by atoms with Crippen molar-refractivity contribution in [1.82, 2.24) is 19.7 Å². The van der Waals surface area contributed by atoms with Gasteiger partial charge in [0.2, 0.25) is 5.89 Å². The molecule has 3 aromatic rings. The van der Waals surface area contributed by atoms with Gasteiger partial charge in [0, 0.05) is 49.3 Å². The van der Waals surface area contributed by atoms with Gasteiger partial charge in [0.05, 0.1) is 6.54 Å². The monoisotopic (exact) mass is 490 g/mol. The molecule has 1 saturated heterocycles. The quantitative estimate of drug-likeness (QED) is 0.479. The minimum absolute atomic E-state index is 0.121. The summed E-state index contributed by atoms with van der Waals surface area (Å²) in [6.07, 6.45) is 1.42. The van der Waals surface area contributed by atoms with E-state index in [0.717, 1.165) is 24.2 Å². The van der Waals surface area contributed by atoms with Crippen molar-refractivity contribution in [1.29, 1.82) is 0 Å². The lowest BCUT2D eigenvalue weighted by atomic mass is 10.1. The van der Waals surface area contributed by atoms with E-state index in [4.69, 9.17) is 27.6 Å². The zero-order chi connectivity index (χ0) is 23.4. The third-order valence-electron chi connectivity index (χ3n) is 5.65. The van der Waals surface area contributed by atoms with Gasteiger partial charge in [-0.15, -0.1) is 0 Å². The summed E-state index contributed by atoms with van der Waals surface area (Å²) in [5.74, 6) is 0.0226. The van der Waals surface area contributed by atoms with Crippen LogP contribution in [0.5, 0.6) is 0 Å². The highest BCUT2D eigenvalue weighted by molar-refractivity contribution is 6.35. The van der Waals surface area contributed by atoms with Crippen molar-refractivity contribution < 1.29 is 13.6 Å².